The summed E-state index contributed by atoms with van der Waals surface area (Å²) in [4.78, 5) is 63.3. The van der Waals surface area contributed by atoms with E-state index in [1.807, 2.05) is 6.08 Å². The van der Waals surface area contributed by atoms with Gasteiger partial charge in [0.2, 0.25) is 11.8 Å². The molecular weight excluding hydrogens is 736 g/mol. The van der Waals surface area contributed by atoms with Gasteiger partial charge in [-0.25, -0.2) is 4.98 Å². The maximum Gasteiger partial charge on any atom is 0.417 e. The molecule has 2 aliphatic heterocycles. The van der Waals surface area contributed by atoms with Crippen LogP contribution in [0.4, 0.5) is 19.0 Å². The normalized spacial score (nSPS) is 27.0. The third kappa shape index (κ3) is 5.57. The summed E-state index contributed by atoms with van der Waals surface area (Å²) in [6, 6.07) is 11.8. The molecule has 0 bridgehead atoms. The zero-order chi connectivity index (χ0) is 38.4. The van der Waals surface area contributed by atoms with Gasteiger partial charge in [0.1, 0.15) is 0 Å². The Balaban J connectivity index is 1.46. The van der Waals surface area contributed by atoms with Gasteiger partial charge in [0, 0.05) is 28.2 Å². The Morgan fingerprint density at radius 3 is 2.32 bits per heavy atom. The van der Waals surface area contributed by atoms with E-state index in [0.29, 0.717) is 33.4 Å². The number of fused-ring (bicyclic) bond motifs is 4. The van der Waals surface area contributed by atoms with E-state index in [1.54, 1.807) is 70.2 Å². The molecule has 1 aromatic heterocycles. The van der Waals surface area contributed by atoms with Crippen LogP contribution in [0.25, 0.3) is 0 Å². The van der Waals surface area contributed by atoms with E-state index >= 15 is 4.79 Å². The molecule has 53 heavy (non-hydrogen) atoms. The third-order valence-corrected chi connectivity index (χ3v) is 11.4. The van der Waals surface area contributed by atoms with Crippen LogP contribution in [0.5, 0.6) is 11.5 Å². The van der Waals surface area contributed by atoms with E-state index < -0.39 is 69.1 Å². The molecule has 15 heteroatoms. The zero-order valence-corrected chi connectivity index (χ0v) is 30.5. The SMILES string of the molecule is CCOc1cccc([C@H]2C3=CC[C@@H]4C(=O)N(C(C)(C)C)C(=O)[C@@H]4[C@@H]3C[C@H]3C(=O)N(Nc4ncc(C(F)(F)F)cc4Cl)C(=O)[C@@]23c2ccc(Cl)cc2)c1O. The average molecular weight is 772 g/mol. The van der Waals surface area contributed by atoms with E-state index in [2.05, 4.69) is 10.4 Å². The van der Waals surface area contributed by atoms with Crippen LogP contribution in [0.3, 0.4) is 0 Å². The number of phenols is 1. The summed E-state index contributed by atoms with van der Waals surface area (Å²) in [5.41, 5.74) is 0.0243. The Labute approximate surface area is 312 Å². The number of hydrazine groups is 1. The van der Waals surface area contributed by atoms with Crippen LogP contribution >= 0.6 is 23.2 Å². The number of nitrogens with one attached hydrogen (secondary N) is 1. The number of alkyl halides is 3. The van der Waals surface area contributed by atoms with Crippen molar-refractivity contribution in [3.05, 3.63) is 93.1 Å². The molecule has 2 aromatic carbocycles. The topological polar surface area (TPSA) is 129 Å². The highest BCUT2D eigenvalue weighted by Gasteiger charge is 2.71. The molecule has 2 N–H and O–H groups in total. The van der Waals surface area contributed by atoms with Gasteiger partial charge in [-0.3, -0.25) is 29.5 Å². The van der Waals surface area contributed by atoms with Gasteiger partial charge >= 0.3 is 6.18 Å². The highest BCUT2D eigenvalue weighted by atomic mass is 35.5. The van der Waals surface area contributed by atoms with Crippen LogP contribution < -0.4 is 10.2 Å². The van der Waals surface area contributed by atoms with Crippen LogP contribution in [-0.2, 0) is 30.8 Å². The van der Waals surface area contributed by atoms with E-state index in [0.717, 1.165) is 0 Å². The molecule has 278 valence electrons. The first-order valence-electron chi connectivity index (χ1n) is 17.1. The number of aromatic hydroxyl groups is 1. The molecular formula is C38H35Cl2F3N4O6. The van der Waals surface area contributed by atoms with E-state index in [-0.39, 0.29) is 54.1 Å². The molecule has 10 nitrogen and oxygen atoms in total. The number of para-hydroxylation sites is 1. The van der Waals surface area contributed by atoms with Crippen LogP contribution in [-0.4, -0.2) is 55.8 Å². The Morgan fingerprint density at radius 1 is 1.00 bits per heavy atom. The lowest BCUT2D eigenvalue weighted by Gasteiger charge is -2.50. The number of carbonyl (C=O) groups is 4. The van der Waals surface area contributed by atoms with Crippen molar-refractivity contribution < 1.29 is 42.2 Å². The first kappa shape index (κ1) is 36.7. The summed E-state index contributed by atoms with van der Waals surface area (Å²) in [6.07, 6.45) is -2.25. The smallest absolute Gasteiger partial charge is 0.417 e. The van der Waals surface area contributed by atoms with Crippen LogP contribution in [0.15, 0.2) is 66.4 Å². The van der Waals surface area contributed by atoms with Crippen molar-refractivity contribution in [3.8, 4) is 11.5 Å². The number of imide groups is 2. The predicted octanol–water partition coefficient (Wildman–Crippen LogP) is 7.29. The average Bonchev–Trinajstić information content (AvgIpc) is 3.47. The van der Waals surface area contributed by atoms with Crippen molar-refractivity contribution in [1.82, 2.24) is 14.9 Å². The van der Waals surface area contributed by atoms with Crippen molar-refractivity contribution >= 4 is 52.6 Å². The third-order valence-electron chi connectivity index (χ3n) is 10.9. The van der Waals surface area contributed by atoms with Gasteiger partial charge in [-0.2, -0.15) is 18.2 Å². The lowest BCUT2D eigenvalue weighted by Crippen LogP contribution is -2.53. The standard InChI is InChI=1S/C38H35Cl2F3N4O6/c1-5-53-27-8-6-7-23(30(27)48)29-21-13-14-22-28(34(51)46(32(22)49)36(2,3)4)24(21)16-25-33(50)47(35(52)37(25,29)18-9-11-20(39)12-10-18)45-31-26(40)15-19(17-44-31)38(41,42)43/h6-13,15,17,22,24-25,28-29,48H,5,14,16H2,1-4H3,(H,44,45)/t22-,24+,25-,28-,29+,37+/m0/s1. The number of likely N-dealkylation sites (tertiary alicyclic amines) is 1. The fraction of sp³-hybridized carbons (Fsp3) is 0.395. The van der Waals surface area contributed by atoms with E-state index in [9.17, 15) is 32.7 Å². The highest BCUT2D eigenvalue weighted by Crippen LogP contribution is 2.65. The number of pyridine rings is 1. The molecule has 4 amide bonds. The maximum atomic E-state index is 15.3. The predicted molar refractivity (Wildman–Crippen MR) is 188 cm³/mol. The number of halogens is 5. The second-order valence-corrected chi connectivity index (χ2v) is 15.6. The van der Waals surface area contributed by atoms with Crippen molar-refractivity contribution in [2.75, 3.05) is 12.0 Å². The molecule has 3 fully saturated rings. The van der Waals surface area contributed by atoms with E-state index in [1.165, 1.54) is 4.90 Å². The number of nitrogens with zero attached hydrogens (tertiary/aromatic N) is 3. The van der Waals surface area contributed by atoms with Crippen molar-refractivity contribution in [3.63, 3.8) is 0 Å². The van der Waals surface area contributed by atoms with Crippen LogP contribution in [0.2, 0.25) is 10.0 Å². The number of carbonyl (C=O) groups excluding carboxylic acids is 4. The second kappa shape index (κ2) is 12.8. The van der Waals surface area contributed by atoms with Crippen LogP contribution in [0.1, 0.15) is 63.1 Å². The number of benzene rings is 2. The molecule has 0 spiro atoms. The summed E-state index contributed by atoms with van der Waals surface area (Å²) in [6.45, 7) is 7.25. The summed E-state index contributed by atoms with van der Waals surface area (Å²) in [7, 11) is 0. The molecule has 1 saturated carbocycles. The minimum Gasteiger partial charge on any atom is -0.504 e. The number of ether oxygens (including phenoxy) is 1. The molecule has 2 saturated heterocycles. The number of phenolic OH excluding ortho intramolecular Hbond substituents is 1. The lowest BCUT2D eigenvalue weighted by atomic mass is 9.49. The number of amides is 4. The Bertz CT molecular complexity index is 2080. The fourth-order valence-electron chi connectivity index (χ4n) is 8.83. The first-order valence-corrected chi connectivity index (χ1v) is 17.8. The Morgan fingerprint density at radius 2 is 1.70 bits per heavy atom. The highest BCUT2D eigenvalue weighted by molar-refractivity contribution is 6.33. The van der Waals surface area contributed by atoms with Gasteiger partial charge in [0.05, 0.1) is 40.4 Å². The molecule has 4 aliphatic rings. The van der Waals surface area contributed by atoms with Crippen molar-refractivity contribution in [2.24, 2.45) is 23.7 Å². The number of rotatable bonds is 6. The summed E-state index contributed by atoms with van der Waals surface area (Å²) in [5, 5.41) is 12.4. The summed E-state index contributed by atoms with van der Waals surface area (Å²) >= 11 is 12.6. The van der Waals surface area contributed by atoms with Gasteiger partial charge in [0.25, 0.3) is 11.8 Å². The largest absolute Gasteiger partial charge is 0.504 e. The maximum absolute atomic E-state index is 15.3. The number of allylic oxidation sites excluding steroid dienone is 2. The lowest BCUT2D eigenvalue weighted by molar-refractivity contribution is -0.146. The Hall–Kier alpha value is -4.62. The molecule has 3 aromatic rings. The van der Waals surface area contributed by atoms with Gasteiger partial charge < -0.3 is 9.84 Å². The van der Waals surface area contributed by atoms with Gasteiger partial charge in [-0.1, -0.05) is 59.1 Å². The van der Waals surface area contributed by atoms with Crippen molar-refractivity contribution in [1.29, 1.82) is 0 Å². The molecule has 6 atom stereocenters. The zero-order valence-electron chi connectivity index (χ0n) is 29.0. The Kier molecular flexibility index (Phi) is 8.84. The van der Waals surface area contributed by atoms with Gasteiger partial charge in [-0.15, -0.1) is 0 Å². The van der Waals surface area contributed by atoms with Crippen LogP contribution in [0, 0.1) is 23.7 Å². The monoisotopic (exact) mass is 770 g/mol. The number of aromatic nitrogens is 1. The van der Waals surface area contributed by atoms with Crippen molar-refractivity contribution in [2.45, 2.75) is 63.6 Å². The fourth-order valence-corrected chi connectivity index (χ4v) is 9.17. The molecule has 0 unspecified atom stereocenters. The minimum atomic E-state index is -4.75. The minimum absolute atomic E-state index is 0.0496. The second-order valence-electron chi connectivity index (χ2n) is 14.7. The molecule has 2 aliphatic carbocycles. The first-order chi connectivity index (χ1) is 24.9. The quantitative estimate of drug-likeness (QED) is 0.198. The number of anilines is 1. The molecule has 0 radical (unpaired) electrons. The summed E-state index contributed by atoms with van der Waals surface area (Å²) in [5.74, 6) is -7.41. The summed E-state index contributed by atoms with van der Waals surface area (Å²) < 4.78 is 46.1. The van der Waals surface area contributed by atoms with Gasteiger partial charge in [0.15, 0.2) is 17.3 Å². The number of hydrogen-bond acceptors (Lipinski definition) is 8. The molecule has 3 heterocycles. The molecule has 7 rings (SSSR count). The van der Waals surface area contributed by atoms with Gasteiger partial charge in [-0.05, 0) is 76.3 Å². The number of hydrogen-bond donors (Lipinski definition) is 2. The van der Waals surface area contributed by atoms with E-state index in [4.69, 9.17) is 27.9 Å².